The Balaban J connectivity index is 2.81. The van der Waals surface area contributed by atoms with Crippen molar-refractivity contribution in [3.63, 3.8) is 0 Å². The summed E-state index contributed by atoms with van der Waals surface area (Å²) in [5.41, 5.74) is 8.04. The van der Waals surface area contributed by atoms with Gasteiger partial charge in [0.2, 0.25) is 0 Å². The second-order valence-corrected chi connectivity index (χ2v) is 3.44. The van der Waals surface area contributed by atoms with E-state index >= 15 is 0 Å². The summed E-state index contributed by atoms with van der Waals surface area (Å²) >= 11 is 5.42. The van der Waals surface area contributed by atoms with Gasteiger partial charge in [-0.3, -0.25) is 0 Å². The van der Waals surface area contributed by atoms with E-state index in [1.54, 1.807) is 13.2 Å². The van der Waals surface area contributed by atoms with Gasteiger partial charge in [-0.15, -0.1) is 0 Å². The summed E-state index contributed by atoms with van der Waals surface area (Å²) < 4.78 is 10.7. The van der Waals surface area contributed by atoms with E-state index in [1.807, 2.05) is 18.2 Å². The second kappa shape index (κ2) is 7.14. The predicted octanol–water partition coefficient (Wildman–Crippen LogP) is 2.33. The van der Waals surface area contributed by atoms with Crippen LogP contribution in [0.4, 0.5) is 0 Å². The average Bonchev–Trinajstić information content (AvgIpc) is 2.31. The zero-order valence-corrected chi connectivity index (χ0v) is 10.0. The van der Waals surface area contributed by atoms with Crippen molar-refractivity contribution in [2.45, 2.75) is 6.42 Å². The van der Waals surface area contributed by atoms with Crippen molar-refractivity contribution in [3.05, 3.63) is 35.4 Å². The van der Waals surface area contributed by atoms with E-state index in [4.69, 9.17) is 26.8 Å². The molecule has 16 heavy (non-hydrogen) atoms. The number of hydrogen-bond acceptors (Lipinski definition) is 3. The highest BCUT2D eigenvalue weighted by Gasteiger charge is 2.04. The first-order chi connectivity index (χ1) is 7.81. The molecule has 0 amide bonds. The molecule has 0 atom stereocenters. The molecule has 0 aliphatic rings. The Morgan fingerprint density at radius 2 is 2.25 bits per heavy atom. The number of benzene rings is 1. The molecule has 0 heterocycles. The molecule has 0 fully saturated rings. The summed E-state index contributed by atoms with van der Waals surface area (Å²) in [5, 5.41) is 0. The van der Waals surface area contributed by atoms with Crippen LogP contribution in [0.1, 0.15) is 5.56 Å². The molecule has 1 aromatic carbocycles. The minimum absolute atomic E-state index is 0.439. The number of hydrogen-bond donors (Lipinski definition) is 1. The monoisotopic (exact) mass is 241 g/mol. The summed E-state index contributed by atoms with van der Waals surface area (Å²) in [7, 11) is 1.63. The maximum absolute atomic E-state index is 5.57. The number of rotatable bonds is 6. The number of nitrogens with two attached hydrogens (primary N) is 1. The highest BCUT2D eigenvalue weighted by molar-refractivity contribution is 6.25. The van der Waals surface area contributed by atoms with Gasteiger partial charge in [-0.05, 0) is 30.7 Å². The summed E-state index contributed by atoms with van der Waals surface area (Å²) in [6.07, 6.45) is 2.51. The summed E-state index contributed by atoms with van der Waals surface area (Å²) in [6, 6.07) is 5.72. The van der Waals surface area contributed by atoms with Gasteiger partial charge in [0.15, 0.2) is 0 Å². The zero-order chi connectivity index (χ0) is 11.8. The van der Waals surface area contributed by atoms with Crippen molar-refractivity contribution >= 4 is 11.6 Å². The Morgan fingerprint density at radius 3 is 2.88 bits per heavy atom. The summed E-state index contributed by atoms with van der Waals surface area (Å²) in [4.78, 5) is 0. The molecular weight excluding hydrogens is 226 g/mol. The number of methoxy groups -OCH3 is 1. The maximum atomic E-state index is 5.57. The van der Waals surface area contributed by atoms with Crippen molar-refractivity contribution in [3.8, 4) is 11.5 Å². The lowest BCUT2D eigenvalue weighted by Crippen LogP contribution is -2.05. The third kappa shape index (κ3) is 3.76. The Morgan fingerprint density at radius 1 is 1.44 bits per heavy atom. The third-order valence-corrected chi connectivity index (χ3v) is 2.29. The fourth-order valence-corrected chi connectivity index (χ4v) is 1.41. The molecule has 0 radical (unpaired) electrons. The molecule has 3 nitrogen and oxygen atoms in total. The van der Waals surface area contributed by atoms with Crippen LogP contribution in [0.25, 0.3) is 0 Å². The van der Waals surface area contributed by atoms with E-state index < -0.39 is 0 Å². The maximum Gasteiger partial charge on any atom is 0.126 e. The molecule has 4 heteroatoms. The lowest BCUT2D eigenvalue weighted by atomic mass is 10.1. The Kier molecular flexibility index (Phi) is 5.75. The smallest absolute Gasteiger partial charge is 0.126 e. The SMILES string of the molecule is COc1ccc(CCN)c(OC/C=C/Cl)c1. The van der Waals surface area contributed by atoms with Crippen molar-refractivity contribution < 1.29 is 9.47 Å². The summed E-state index contributed by atoms with van der Waals surface area (Å²) in [5.74, 6) is 1.56. The second-order valence-electron chi connectivity index (χ2n) is 3.19. The quantitative estimate of drug-likeness (QED) is 0.832. The summed E-state index contributed by atoms with van der Waals surface area (Å²) in [6.45, 7) is 1.03. The molecule has 88 valence electrons. The molecule has 0 saturated carbocycles. The molecule has 0 spiro atoms. The lowest BCUT2D eigenvalue weighted by molar-refractivity contribution is 0.353. The zero-order valence-electron chi connectivity index (χ0n) is 9.28. The van der Waals surface area contributed by atoms with Gasteiger partial charge < -0.3 is 15.2 Å². The largest absolute Gasteiger partial charge is 0.497 e. The van der Waals surface area contributed by atoms with E-state index in [-0.39, 0.29) is 0 Å². The van der Waals surface area contributed by atoms with Crippen LogP contribution in [-0.4, -0.2) is 20.3 Å². The third-order valence-electron chi connectivity index (χ3n) is 2.11. The van der Waals surface area contributed by atoms with Crippen LogP contribution >= 0.6 is 11.6 Å². The van der Waals surface area contributed by atoms with Crippen molar-refractivity contribution in [1.29, 1.82) is 0 Å². The predicted molar refractivity (Wildman–Crippen MR) is 66.2 cm³/mol. The van der Waals surface area contributed by atoms with Gasteiger partial charge >= 0.3 is 0 Å². The van der Waals surface area contributed by atoms with Gasteiger partial charge in [0.25, 0.3) is 0 Å². The van der Waals surface area contributed by atoms with Crippen LogP contribution in [0, 0.1) is 0 Å². The van der Waals surface area contributed by atoms with Crippen molar-refractivity contribution in [1.82, 2.24) is 0 Å². The normalized spacial score (nSPS) is 10.7. The fraction of sp³-hybridized carbons (Fsp3) is 0.333. The Bertz CT molecular complexity index is 353. The standard InChI is InChI=1S/C12H16ClNO2/c1-15-11-4-3-10(5-7-14)12(9-11)16-8-2-6-13/h2-4,6,9H,5,7-8,14H2,1H3/b6-2+. The van der Waals surface area contributed by atoms with Crippen molar-refractivity contribution in [2.75, 3.05) is 20.3 Å². The van der Waals surface area contributed by atoms with E-state index in [9.17, 15) is 0 Å². The molecule has 0 unspecified atom stereocenters. The van der Waals surface area contributed by atoms with E-state index in [2.05, 4.69) is 0 Å². The molecule has 2 N–H and O–H groups in total. The van der Waals surface area contributed by atoms with Gasteiger partial charge in [-0.1, -0.05) is 17.7 Å². The molecule has 1 rings (SSSR count). The van der Waals surface area contributed by atoms with Crippen LogP contribution in [0.15, 0.2) is 29.8 Å². The van der Waals surface area contributed by atoms with Crippen LogP contribution in [0.3, 0.4) is 0 Å². The first kappa shape index (κ1) is 12.9. The van der Waals surface area contributed by atoms with Gasteiger partial charge in [-0.25, -0.2) is 0 Å². The fourth-order valence-electron chi connectivity index (χ4n) is 1.33. The van der Waals surface area contributed by atoms with Crippen LogP contribution in [0.5, 0.6) is 11.5 Å². The minimum atomic E-state index is 0.439. The topological polar surface area (TPSA) is 44.5 Å². The molecular formula is C12H16ClNO2. The van der Waals surface area contributed by atoms with Crippen LogP contribution in [0.2, 0.25) is 0 Å². The number of halogens is 1. The highest BCUT2D eigenvalue weighted by Crippen LogP contribution is 2.25. The molecule has 0 aliphatic carbocycles. The average molecular weight is 242 g/mol. The van der Waals surface area contributed by atoms with Gasteiger partial charge in [0, 0.05) is 11.6 Å². The van der Waals surface area contributed by atoms with Gasteiger partial charge in [0.05, 0.1) is 7.11 Å². The van der Waals surface area contributed by atoms with Crippen molar-refractivity contribution in [2.24, 2.45) is 5.73 Å². The number of ether oxygens (including phenoxy) is 2. The highest BCUT2D eigenvalue weighted by atomic mass is 35.5. The first-order valence-corrected chi connectivity index (χ1v) is 5.50. The first-order valence-electron chi connectivity index (χ1n) is 5.06. The lowest BCUT2D eigenvalue weighted by Gasteiger charge is -2.11. The molecule has 0 aromatic heterocycles. The molecule has 1 aromatic rings. The Hall–Kier alpha value is -1.19. The van der Waals surface area contributed by atoms with E-state index in [0.29, 0.717) is 13.2 Å². The molecule has 0 bridgehead atoms. The van der Waals surface area contributed by atoms with Gasteiger partial charge in [-0.2, -0.15) is 0 Å². The van der Waals surface area contributed by atoms with Crippen LogP contribution < -0.4 is 15.2 Å². The van der Waals surface area contributed by atoms with E-state index in [1.165, 1.54) is 5.54 Å². The molecule has 0 aliphatic heterocycles. The van der Waals surface area contributed by atoms with Crippen LogP contribution in [-0.2, 0) is 6.42 Å². The van der Waals surface area contributed by atoms with E-state index in [0.717, 1.165) is 23.5 Å². The van der Waals surface area contributed by atoms with Gasteiger partial charge in [0.1, 0.15) is 18.1 Å². The molecule has 0 saturated heterocycles. The Labute approximate surface area is 101 Å². The minimum Gasteiger partial charge on any atom is -0.497 e.